The molecule has 1 saturated heterocycles. The largest absolute Gasteiger partial charge is 0.454 e. The van der Waals surface area contributed by atoms with Gasteiger partial charge in [0.25, 0.3) is 5.91 Å². The zero-order valence-electron chi connectivity index (χ0n) is 12.4. The molecule has 0 radical (unpaired) electrons. The van der Waals surface area contributed by atoms with Gasteiger partial charge in [-0.25, -0.2) is 5.01 Å². The molecule has 0 bridgehead atoms. The van der Waals surface area contributed by atoms with Crippen molar-refractivity contribution in [3.8, 4) is 11.5 Å². The monoisotopic (exact) mass is 291 g/mol. The van der Waals surface area contributed by atoms with E-state index in [0.717, 1.165) is 12.8 Å². The van der Waals surface area contributed by atoms with E-state index < -0.39 is 0 Å². The van der Waals surface area contributed by atoms with Crippen LogP contribution in [0, 0.1) is 0 Å². The molecule has 2 unspecified atom stereocenters. The number of piperidine rings is 1. The zero-order valence-corrected chi connectivity index (χ0v) is 12.4. The summed E-state index contributed by atoms with van der Waals surface area (Å²) in [6.45, 7) is 4.41. The van der Waals surface area contributed by atoms with Crippen molar-refractivity contribution in [1.82, 2.24) is 10.4 Å². The van der Waals surface area contributed by atoms with Gasteiger partial charge in [0.15, 0.2) is 11.5 Å². The molecule has 0 spiro atoms. The van der Waals surface area contributed by atoms with Gasteiger partial charge in [0.2, 0.25) is 6.79 Å². The third kappa shape index (κ3) is 2.63. The summed E-state index contributed by atoms with van der Waals surface area (Å²) in [7, 11) is 0. The van der Waals surface area contributed by atoms with E-state index in [1.165, 1.54) is 6.42 Å². The van der Waals surface area contributed by atoms with E-state index >= 15 is 0 Å². The summed E-state index contributed by atoms with van der Waals surface area (Å²) >= 11 is 0. The van der Waals surface area contributed by atoms with Crippen LogP contribution in [-0.2, 0) is 0 Å². The Morgan fingerprint density at radius 2 is 1.86 bits per heavy atom. The number of nitrogen functional groups attached to an aromatic ring is 1. The van der Waals surface area contributed by atoms with E-state index in [1.807, 2.05) is 5.01 Å². The molecular formula is C15H21N3O3. The van der Waals surface area contributed by atoms with Crippen molar-refractivity contribution in [2.75, 3.05) is 12.5 Å². The van der Waals surface area contributed by atoms with Gasteiger partial charge in [-0.3, -0.25) is 10.2 Å². The predicted molar refractivity (Wildman–Crippen MR) is 79.1 cm³/mol. The van der Waals surface area contributed by atoms with Crippen LogP contribution in [0.5, 0.6) is 11.5 Å². The third-order valence-corrected chi connectivity index (χ3v) is 4.21. The lowest BCUT2D eigenvalue weighted by Gasteiger charge is -2.38. The predicted octanol–water partition coefficient (Wildman–Crippen LogP) is 1.91. The van der Waals surface area contributed by atoms with Crippen LogP contribution in [0.4, 0.5) is 5.69 Å². The summed E-state index contributed by atoms with van der Waals surface area (Å²) in [5.74, 6) is 0.948. The molecule has 114 valence electrons. The average molecular weight is 291 g/mol. The first-order valence-corrected chi connectivity index (χ1v) is 7.34. The smallest absolute Gasteiger partial charge is 0.267 e. The standard InChI is InChI=1S/C15H21N3O3/c1-9-4-3-5-10(2)18(9)17-15(19)11-6-13-14(7-12(11)16)21-8-20-13/h6-7,9-10H,3-5,8,16H2,1-2H3,(H,17,19). The Hall–Kier alpha value is -1.95. The normalized spacial score (nSPS) is 24.9. The summed E-state index contributed by atoms with van der Waals surface area (Å²) < 4.78 is 10.6. The number of anilines is 1. The Labute approximate surface area is 124 Å². The number of hydrazine groups is 1. The molecule has 1 aromatic carbocycles. The molecule has 3 rings (SSSR count). The van der Waals surface area contributed by atoms with Crippen molar-refractivity contribution in [1.29, 1.82) is 0 Å². The molecule has 21 heavy (non-hydrogen) atoms. The molecule has 2 aliphatic heterocycles. The van der Waals surface area contributed by atoms with Crippen LogP contribution < -0.4 is 20.6 Å². The third-order valence-electron chi connectivity index (χ3n) is 4.21. The lowest BCUT2D eigenvalue weighted by molar-refractivity contribution is 0.0370. The van der Waals surface area contributed by atoms with Crippen LogP contribution >= 0.6 is 0 Å². The Morgan fingerprint density at radius 3 is 2.52 bits per heavy atom. The van der Waals surface area contributed by atoms with Crippen molar-refractivity contribution in [3.63, 3.8) is 0 Å². The van der Waals surface area contributed by atoms with E-state index in [-0.39, 0.29) is 12.7 Å². The van der Waals surface area contributed by atoms with Gasteiger partial charge in [0, 0.05) is 23.8 Å². The molecule has 6 nitrogen and oxygen atoms in total. The Kier molecular flexibility index (Phi) is 3.63. The number of hydrogen-bond donors (Lipinski definition) is 2. The molecule has 1 fully saturated rings. The number of carbonyl (C=O) groups is 1. The van der Waals surface area contributed by atoms with Crippen molar-refractivity contribution >= 4 is 11.6 Å². The maximum absolute atomic E-state index is 12.5. The number of fused-ring (bicyclic) bond motifs is 1. The maximum atomic E-state index is 12.5. The first kappa shape index (κ1) is 14.0. The number of nitrogens with zero attached hydrogens (tertiary/aromatic N) is 1. The number of nitrogens with one attached hydrogen (secondary N) is 1. The molecule has 2 atom stereocenters. The van der Waals surface area contributed by atoms with Crippen molar-refractivity contribution in [3.05, 3.63) is 17.7 Å². The van der Waals surface area contributed by atoms with Crippen LogP contribution in [0.1, 0.15) is 43.5 Å². The highest BCUT2D eigenvalue weighted by molar-refractivity contribution is 5.99. The van der Waals surface area contributed by atoms with E-state index in [4.69, 9.17) is 15.2 Å². The Morgan fingerprint density at radius 1 is 1.24 bits per heavy atom. The summed E-state index contributed by atoms with van der Waals surface area (Å²) in [5.41, 5.74) is 9.76. The average Bonchev–Trinajstić information content (AvgIpc) is 2.89. The maximum Gasteiger partial charge on any atom is 0.267 e. The lowest BCUT2D eigenvalue weighted by atomic mass is 10.00. The quantitative estimate of drug-likeness (QED) is 0.814. The van der Waals surface area contributed by atoms with Gasteiger partial charge in [-0.15, -0.1) is 0 Å². The van der Waals surface area contributed by atoms with E-state index in [0.29, 0.717) is 34.8 Å². The SMILES string of the molecule is CC1CCCC(C)N1NC(=O)c1cc2c(cc1N)OCO2. The number of ether oxygens (including phenoxy) is 2. The molecule has 3 N–H and O–H groups in total. The highest BCUT2D eigenvalue weighted by Gasteiger charge is 2.27. The second-order valence-electron chi connectivity index (χ2n) is 5.77. The van der Waals surface area contributed by atoms with Gasteiger partial charge in [-0.05, 0) is 32.8 Å². The second kappa shape index (κ2) is 5.44. The van der Waals surface area contributed by atoms with Crippen molar-refractivity contribution < 1.29 is 14.3 Å². The van der Waals surface area contributed by atoms with Crippen molar-refractivity contribution in [2.24, 2.45) is 0 Å². The number of rotatable bonds is 2. The fourth-order valence-electron chi connectivity index (χ4n) is 2.97. The number of benzene rings is 1. The van der Waals surface area contributed by atoms with Crippen LogP contribution in [0.25, 0.3) is 0 Å². The molecule has 6 heteroatoms. The van der Waals surface area contributed by atoms with Gasteiger partial charge in [-0.2, -0.15) is 0 Å². The highest BCUT2D eigenvalue weighted by Crippen LogP contribution is 2.36. The Bertz CT molecular complexity index is 551. The molecule has 0 aliphatic carbocycles. The lowest BCUT2D eigenvalue weighted by Crippen LogP contribution is -2.54. The molecule has 2 aliphatic rings. The first-order valence-electron chi connectivity index (χ1n) is 7.34. The molecule has 1 amide bonds. The van der Waals surface area contributed by atoms with Crippen molar-refractivity contribution in [2.45, 2.75) is 45.2 Å². The van der Waals surface area contributed by atoms with Crippen LogP contribution in [0.3, 0.4) is 0 Å². The van der Waals surface area contributed by atoms with Gasteiger partial charge in [0.1, 0.15) is 0 Å². The molecule has 0 saturated carbocycles. The second-order valence-corrected chi connectivity index (χ2v) is 5.77. The summed E-state index contributed by atoms with van der Waals surface area (Å²) in [5, 5.41) is 2.02. The number of carbonyl (C=O) groups excluding carboxylic acids is 1. The minimum absolute atomic E-state index is 0.167. The molecule has 0 aromatic heterocycles. The summed E-state index contributed by atoms with van der Waals surface area (Å²) in [6, 6.07) is 3.94. The molecular weight excluding hydrogens is 270 g/mol. The minimum Gasteiger partial charge on any atom is -0.454 e. The minimum atomic E-state index is -0.202. The zero-order chi connectivity index (χ0) is 15.0. The van der Waals surface area contributed by atoms with E-state index in [9.17, 15) is 4.79 Å². The summed E-state index contributed by atoms with van der Waals surface area (Å²) in [6.07, 6.45) is 3.36. The van der Waals surface area contributed by atoms with Gasteiger partial charge in [0.05, 0.1) is 5.56 Å². The fourth-order valence-corrected chi connectivity index (χ4v) is 2.97. The molecule has 1 aromatic rings. The first-order chi connectivity index (χ1) is 10.1. The van der Waals surface area contributed by atoms with Crippen LogP contribution in [0.15, 0.2) is 12.1 Å². The van der Waals surface area contributed by atoms with E-state index in [2.05, 4.69) is 19.3 Å². The molecule has 2 heterocycles. The van der Waals surface area contributed by atoms with Gasteiger partial charge >= 0.3 is 0 Å². The fraction of sp³-hybridized carbons (Fsp3) is 0.533. The Balaban J connectivity index is 1.79. The highest BCUT2D eigenvalue weighted by atomic mass is 16.7. The van der Waals surface area contributed by atoms with Crippen LogP contribution in [-0.4, -0.2) is 29.8 Å². The van der Waals surface area contributed by atoms with Gasteiger partial charge in [-0.1, -0.05) is 6.42 Å². The van der Waals surface area contributed by atoms with Gasteiger partial charge < -0.3 is 15.2 Å². The number of hydrogen-bond acceptors (Lipinski definition) is 5. The van der Waals surface area contributed by atoms with Crippen LogP contribution in [0.2, 0.25) is 0 Å². The number of amides is 1. The topological polar surface area (TPSA) is 76.8 Å². The number of nitrogens with two attached hydrogens (primary N) is 1. The van der Waals surface area contributed by atoms with E-state index in [1.54, 1.807) is 12.1 Å². The summed E-state index contributed by atoms with van der Waals surface area (Å²) in [4.78, 5) is 12.5.